The third-order valence-corrected chi connectivity index (χ3v) is 1.41. The molecule has 0 radical (unpaired) electrons. The number of rotatable bonds is 2. The molecule has 1 aromatic rings. The molecule has 0 amide bonds. The van der Waals surface area contributed by atoms with Crippen molar-refractivity contribution in [1.29, 1.82) is 0 Å². The van der Waals surface area contributed by atoms with Gasteiger partial charge in [0, 0.05) is 6.20 Å². The van der Waals surface area contributed by atoms with Crippen LogP contribution in [0.25, 0.3) is 0 Å². The first-order valence-corrected chi connectivity index (χ1v) is 4.85. The van der Waals surface area contributed by atoms with Crippen molar-refractivity contribution in [2.45, 2.75) is 0 Å². The molecule has 11 heavy (non-hydrogen) atoms. The molecule has 60 valence electrons. The second kappa shape index (κ2) is 3.06. The molecule has 1 rings (SSSR count). The average molecular weight is 194 g/mol. The minimum atomic E-state index is -3.94. The number of halogens is 1. The molecule has 0 aliphatic rings. The summed E-state index contributed by atoms with van der Waals surface area (Å²) >= 11 is 0. The van der Waals surface area contributed by atoms with Crippen molar-refractivity contribution in [1.82, 2.24) is 4.98 Å². The third-order valence-electron chi connectivity index (χ3n) is 0.830. The van der Waals surface area contributed by atoms with Gasteiger partial charge in [-0.15, -0.1) is 0 Å². The van der Waals surface area contributed by atoms with Crippen molar-refractivity contribution in [2.75, 3.05) is 0 Å². The highest BCUT2D eigenvalue weighted by atomic mass is 35.7. The number of aromatic nitrogens is 1. The lowest BCUT2D eigenvalue weighted by Crippen LogP contribution is -1.99. The second-order valence-electron chi connectivity index (χ2n) is 1.67. The van der Waals surface area contributed by atoms with Crippen LogP contribution >= 0.6 is 10.7 Å². The largest absolute Gasteiger partial charge is 0.401 e. The monoisotopic (exact) mass is 193 g/mol. The van der Waals surface area contributed by atoms with Crippen LogP contribution < -0.4 is 4.18 Å². The van der Waals surface area contributed by atoms with Crippen molar-refractivity contribution in [3.8, 4) is 5.75 Å². The summed E-state index contributed by atoms with van der Waals surface area (Å²) in [6.45, 7) is 0. The fourth-order valence-corrected chi connectivity index (χ4v) is 1.06. The van der Waals surface area contributed by atoms with Gasteiger partial charge in [-0.2, -0.15) is 8.42 Å². The quantitative estimate of drug-likeness (QED) is 0.656. The molecule has 6 heteroatoms. The van der Waals surface area contributed by atoms with Crippen LogP contribution in [-0.2, 0) is 9.33 Å². The maximum absolute atomic E-state index is 10.3. The van der Waals surface area contributed by atoms with E-state index in [1.54, 1.807) is 0 Å². The van der Waals surface area contributed by atoms with Crippen molar-refractivity contribution in [2.24, 2.45) is 0 Å². The van der Waals surface area contributed by atoms with Gasteiger partial charge < -0.3 is 4.18 Å². The average Bonchev–Trinajstić information content (AvgIpc) is 1.85. The van der Waals surface area contributed by atoms with E-state index >= 15 is 0 Å². The summed E-state index contributed by atoms with van der Waals surface area (Å²) in [7, 11) is 0.845. The van der Waals surface area contributed by atoms with E-state index in [2.05, 4.69) is 9.17 Å². The second-order valence-corrected chi connectivity index (χ2v) is 3.75. The zero-order valence-electron chi connectivity index (χ0n) is 5.27. The molecular weight excluding hydrogens is 190 g/mol. The van der Waals surface area contributed by atoms with Crippen LogP contribution in [-0.4, -0.2) is 13.4 Å². The van der Waals surface area contributed by atoms with Crippen LogP contribution in [0.4, 0.5) is 0 Å². The SMILES string of the molecule is O=S(=O)(Cl)Oc1cccnc1. The van der Waals surface area contributed by atoms with Gasteiger partial charge in [0.2, 0.25) is 0 Å². The zero-order valence-corrected chi connectivity index (χ0v) is 6.84. The lowest BCUT2D eigenvalue weighted by molar-refractivity contribution is 0.502. The Kier molecular flexibility index (Phi) is 2.31. The molecule has 1 heterocycles. The Balaban J connectivity index is 2.82. The van der Waals surface area contributed by atoms with Crippen LogP contribution in [0.15, 0.2) is 24.5 Å². The topological polar surface area (TPSA) is 56.3 Å². The smallest absolute Gasteiger partial charge is 0.369 e. The maximum Gasteiger partial charge on any atom is 0.401 e. The van der Waals surface area contributed by atoms with E-state index in [0.717, 1.165) is 0 Å². The van der Waals surface area contributed by atoms with Crippen LogP contribution in [0.2, 0.25) is 0 Å². The van der Waals surface area contributed by atoms with Crippen molar-refractivity contribution in [3.05, 3.63) is 24.5 Å². The standard InChI is InChI=1S/C5H4ClNO3S/c6-11(8,9)10-5-2-1-3-7-4-5/h1-4H. The molecule has 0 bridgehead atoms. The van der Waals surface area contributed by atoms with Crippen molar-refractivity contribution >= 4 is 20.0 Å². The van der Waals surface area contributed by atoms with Gasteiger partial charge in [-0.25, -0.2) is 0 Å². The van der Waals surface area contributed by atoms with E-state index < -0.39 is 9.33 Å². The van der Waals surface area contributed by atoms with Gasteiger partial charge in [-0.05, 0) is 12.1 Å². The van der Waals surface area contributed by atoms with Crippen molar-refractivity contribution in [3.63, 3.8) is 0 Å². The van der Waals surface area contributed by atoms with E-state index in [1.807, 2.05) is 0 Å². The van der Waals surface area contributed by atoms with Gasteiger partial charge in [-0.3, -0.25) is 4.98 Å². The van der Waals surface area contributed by atoms with Crippen LogP contribution in [0, 0.1) is 0 Å². The van der Waals surface area contributed by atoms with Crippen LogP contribution in [0.1, 0.15) is 0 Å². The normalized spacial score (nSPS) is 11.0. The first-order valence-electron chi connectivity index (χ1n) is 2.62. The van der Waals surface area contributed by atoms with Crippen LogP contribution in [0.5, 0.6) is 5.75 Å². The highest BCUT2D eigenvalue weighted by Gasteiger charge is 2.05. The summed E-state index contributed by atoms with van der Waals surface area (Å²) in [5.74, 6) is 0.0995. The molecule has 0 spiro atoms. The molecule has 0 aliphatic carbocycles. The molecule has 0 saturated heterocycles. The summed E-state index contributed by atoms with van der Waals surface area (Å²) in [5.41, 5.74) is 0. The molecular formula is C5H4ClNO3S. The zero-order chi connectivity index (χ0) is 8.32. The fourth-order valence-electron chi connectivity index (χ4n) is 0.511. The molecule has 0 N–H and O–H groups in total. The lowest BCUT2D eigenvalue weighted by atomic mass is 10.5. The Bertz CT molecular complexity index is 323. The summed E-state index contributed by atoms with van der Waals surface area (Å²) in [6.07, 6.45) is 2.74. The Morgan fingerprint density at radius 2 is 2.27 bits per heavy atom. The molecule has 0 atom stereocenters. The van der Waals surface area contributed by atoms with E-state index in [1.165, 1.54) is 24.5 Å². The van der Waals surface area contributed by atoms with E-state index in [0.29, 0.717) is 0 Å². The highest BCUT2D eigenvalue weighted by Crippen LogP contribution is 2.11. The fraction of sp³-hybridized carbons (Fsp3) is 0. The number of pyridine rings is 1. The van der Waals surface area contributed by atoms with Gasteiger partial charge in [0.05, 0.1) is 16.9 Å². The summed E-state index contributed by atoms with van der Waals surface area (Å²) in [5, 5.41) is 0. The van der Waals surface area contributed by atoms with Crippen molar-refractivity contribution < 1.29 is 12.6 Å². The van der Waals surface area contributed by atoms with E-state index in [9.17, 15) is 8.42 Å². The minimum absolute atomic E-state index is 0.0995. The minimum Gasteiger partial charge on any atom is -0.369 e. The van der Waals surface area contributed by atoms with Gasteiger partial charge in [0.15, 0.2) is 5.75 Å². The highest BCUT2D eigenvalue weighted by molar-refractivity contribution is 8.10. The maximum atomic E-state index is 10.3. The van der Waals surface area contributed by atoms with Crippen LogP contribution in [0.3, 0.4) is 0 Å². The van der Waals surface area contributed by atoms with E-state index in [-0.39, 0.29) is 5.75 Å². The third kappa shape index (κ3) is 3.20. The van der Waals surface area contributed by atoms with Gasteiger partial charge in [-0.1, -0.05) is 0 Å². The van der Waals surface area contributed by atoms with Gasteiger partial charge >= 0.3 is 9.33 Å². The van der Waals surface area contributed by atoms with Gasteiger partial charge in [0.1, 0.15) is 0 Å². The first kappa shape index (κ1) is 8.29. The molecule has 0 aromatic carbocycles. The molecule has 0 fully saturated rings. The Morgan fingerprint density at radius 3 is 2.73 bits per heavy atom. The summed E-state index contributed by atoms with van der Waals surface area (Å²) in [4.78, 5) is 3.62. The Labute approximate surface area is 68.4 Å². The molecule has 4 nitrogen and oxygen atoms in total. The number of hydrogen-bond acceptors (Lipinski definition) is 4. The van der Waals surface area contributed by atoms with E-state index in [4.69, 9.17) is 10.7 Å². The Hall–Kier alpha value is -0.810. The molecule has 0 unspecified atom stereocenters. The number of hydrogen-bond donors (Lipinski definition) is 0. The number of nitrogens with zero attached hydrogens (tertiary/aromatic N) is 1. The summed E-state index contributed by atoms with van der Waals surface area (Å²) < 4.78 is 24.9. The first-order chi connectivity index (χ1) is 5.08. The molecule has 1 aromatic heterocycles. The lowest BCUT2D eigenvalue weighted by Gasteiger charge is -1.97. The Morgan fingerprint density at radius 1 is 1.55 bits per heavy atom. The molecule has 0 saturated carbocycles. The molecule has 0 aliphatic heterocycles. The predicted molar refractivity (Wildman–Crippen MR) is 39.6 cm³/mol. The predicted octanol–water partition coefficient (Wildman–Crippen LogP) is 0.944. The van der Waals surface area contributed by atoms with Gasteiger partial charge in [0.25, 0.3) is 0 Å². The summed E-state index contributed by atoms with van der Waals surface area (Å²) in [6, 6.07) is 2.98.